The Balaban J connectivity index is 1.24. The van der Waals surface area contributed by atoms with E-state index < -0.39 is 12.1 Å². The van der Waals surface area contributed by atoms with Crippen molar-refractivity contribution in [3.8, 4) is 0 Å². The van der Waals surface area contributed by atoms with Gasteiger partial charge in [-0.3, -0.25) is 9.59 Å². The minimum atomic E-state index is -0.758. The van der Waals surface area contributed by atoms with E-state index in [0.717, 1.165) is 37.7 Å². The summed E-state index contributed by atoms with van der Waals surface area (Å²) in [6, 6.07) is 8.38. The molecule has 1 amide bonds. The highest BCUT2D eigenvalue weighted by molar-refractivity contribution is 5.87. The summed E-state index contributed by atoms with van der Waals surface area (Å²) in [4.78, 5) is 39.1. The standard InChI is InChI=1S/C36H54N2O4/c1-6-22(2)32(37)33(40)38-31(20-24-10-8-7-9-11-24)34(41)42-26-16-18-35(4)25(21-26)12-13-27-29-15-14-28(23(3)39)36(29,5)19-17-30(27)35/h7-11,22,25-32H,6,12-21,37H2,1-5H3,(H,38,40)/t22?,25-,26+,27-,28+,29-,30-,31-,32-,35-,36+/m0/s1. The molecular weight excluding hydrogens is 524 g/mol. The molecule has 0 radical (unpaired) electrons. The van der Waals surface area contributed by atoms with E-state index in [1.807, 2.05) is 44.2 Å². The van der Waals surface area contributed by atoms with E-state index in [-0.39, 0.29) is 40.6 Å². The van der Waals surface area contributed by atoms with Crippen molar-refractivity contribution >= 4 is 17.7 Å². The molecule has 1 unspecified atom stereocenters. The third-order valence-electron chi connectivity index (χ3n) is 12.8. The van der Waals surface area contributed by atoms with Crippen molar-refractivity contribution in [2.75, 3.05) is 0 Å². The number of nitrogens with one attached hydrogen (secondary N) is 1. The Hall–Kier alpha value is -2.21. The number of carbonyl (C=O) groups is 3. The van der Waals surface area contributed by atoms with Gasteiger partial charge in [0.2, 0.25) is 5.91 Å². The molecule has 0 aliphatic heterocycles. The number of ketones is 1. The first-order chi connectivity index (χ1) is 20.0. The van der Waals surface area contributed by atoms with E-state index in [1.54, 1.807) is 6.92 Å². The predicted molar refractivity (Wildman–Crippen MR) is 165 cm³/mol. The van der Waals surface area contributed by atoms with E-state index in [1.165, 1.54) is 32.1 Å². The molecule has 0 bridgehead atoms. The van der Waals surface area contributed by atoms with Crippen molar-refractivity contribution in [2.45, 2.75) is 123 Å². The Kier molecular flexibility index (Phi) is 9.23. The smallest absolute Gasteiger partial charge is 0.329 e. The predicted octanol–water partition coefficient (Wildman–Crippen LogP) is 6.25. The molecule has 6 heteroatoms. The van der Waals surface area contributed by atoms with Crippen LogP contribution in [0.4, 0.5) is 0 Å². The maximum atomic E-state index is 13.6. The van der Waals surface area contributed by atoms with Crippen LogP contribution in [0, 0.1) is 46.3 Å². The summed E-state index contributed by atoms with van der Waals surface area (Å²) in [7, 11) is 0. The summed E-state index contributed by atoms with van der Waals surface area (Å²) in [5.74, 6) is 2.65. The van der Waals surface area contributed by atoms with Gasteiger partial charge in [-0.2, -0.15) is 0 Å². The highest BCUT2D eigenvalue weighted by Gasteiger charge is 2.61. The van der Waals surface area contributed by atoms with Crippen LogP contribution in [0.2, 0.25) is 0 Å². The van der Waals surface area contributed by atoms with Gasteiger partial charge in [-0.1, -0.05) is 64.4 Å². The molecule has 0 spiro atoms. The molecule has 232 valence electrons. The van der Waals surface area contributed by atoms with Gasteiger partial charge in [0.05, 0.1) is 6.04 Å². The first-order valence-corrected chi connectivity index (χ1v) is 16.8. The van der Waals surface area contributed by atoms with Gasteiger partial charge < -0.3 is 15.8 Å². The molecule has 3 N–H and O–H groups in total. The van der Waals surface area contributed by atoms with Crippen LogP contribution >= 0.6 is 0 Å². The van der Waals surface area contributed by atoms with Gasteiger partial charge >= 0.3 is 5.97 Å². The van der Waals surface area contributed by atoms with Crippen molar-refractivity contribution in [1.29, 1.82) is 0 Å². The van der Waals surface area contributed by atoms with E-state index in [4.69, 9.17) is 10.5 Å². The van der Waals surface area contributed by atoms with E-state index >= 15 is 0 Å². The Morgan fingerprint density at radius 1 is 0.976 bits per heavy atom. The molecule has 0 aromatic heterocycles. The van der Waals surface area contributed by atoms with E-state index in [2.05, 4.69) is 19.2 Å². The van der Waals surface area contributed by atoms with Crippen molar-refractivity contribution in [1.82, 2.24) is 5.32 Å². The van der Waals surface area contributed by atoms with Crippen LogP contribution in [0.3, 0.4) is 0 Å². The Labute approximate surface area is 253 Å². The fraction of sp³-hybridized carbons (Fsp3) is 0.750. The number of rotatable bonds is 9. The van der Waals surface area contributed by atoms with Crippen LogP contribution in [0.25, 0.3) is 0 Å². The molecule has 4 fully saturated rings. The number of benzene rings is 1. The van der Waals surface area contributed by atoms with Crippen molar-refractivity contribution in [3.05, 3.63) is 35.9 Å². The third-order valence-corrected chi connectivity index (χ3v) is 12.8. The van der Waals surface area contributed by atoms with Gasteiger partial charge in [0, 0.05) is 12.3 Å². The minimum Gasteiger partial charge on any atom is -0.461 e. The number of hydrogen-bond donors (Lipinski definition) is 2. The van der Waals surface area contributed by atoms with Crippen LogP contribution in [-0.4, -0.2) is 35.8 Å². The Morgan fingerprint density at radius 2 is 1.67 bits per heavy atom. The zero-order chi connectivity index (χ0) is 30.2. The van der Waals surface area contributed by atoms with Crippen LogP contribution in [0.15, 0.2) is 30.3 Å². The molecule has 4 aliphatic rings. The quantitative estimate of drug-likeness (QED) is 0.338. The number of hydrogen-bond acceptors (Lipinski definition) is 5. The second-order valence-corrected chi connectivity index (χ2v) is 14.9. The lowest BCUT2D eigenvalue weighted by Crippen LogP contribution is -2.55. The van der Waals surface area contributed by atoms with Crippen LogP contribution in [0.5, 0.6) is 0 Å². The number of Topliss-reactive ketones (excluding diaryl/α,β-unsaturated/α-hetero) is 1. The summed E-state index contributed by atoms with van der Waals surface area (Å²) in [5, 5.41) is 2.94. The molecule has 1 aromatic carbocycles. The lowest BCUT2D eigenvalue weighted by Gasteiger charge is -2.61. The van der Waals surface area contributed by atoms with Crippen molar-refractivity contribution in [3.63, 3.8) is 0 Å². The number of fused-ring (bicyclic) bond motifs is 5. The van der Waals surface area contributed by atoms with Gasteiger partial charge in [-0.15, -0.1) is 0 Å². The normalized spacial score (nSPS) is 37.8. The number of carbonyl (C=O) groups excluding carboxylic acids is 3. The highest BCUT2D eigenvalue weighted by Crippen LogP contribution is 2.67. The molecule has 5 rings (SSSR count). The van der Waals surface area contributed by atoms with E-state index in [9.17, 15) is 14.4 Å². The van der Waals surface area contributed by atoms with Crippen molar-refractivity contribution < 1.29 is 19.1 Å². The second-order valence-electron chi connectivity index (χ2n) is 14.9. The molecular formula is C36H54N2O4. The highest BCUT2D eigenvalue weighted by atomic mass is 16.5. The fourth-order valence-electron chi connectivity index (χ4n) is 10.1. The zero-order valence-electron chi connectivity index (χ0n) is 26.6. The molecule has 11 atom stereocenters. The van der Waals surface area contributed by atoms with Gasteiger partial charge in [0.1, 0.15) is 17.9 Å². The van der Waals surface area contributed by atoms with Crippen LogP contribution < -0.4 is 11.1 Å². The first-order valence-electron chi connectivity index (χ1n) is 16.8. The molecule has 0 heterocycles. The van der Waals surface area contributed by atoms with Crippen LogP contribution in [-0.2, 0) is 25.5 Å². The molecule has 4 aliphatic carbocycles. The molecule has 42 heavy (non-hydrogen) atoms. The molecule has 6 nitrogen and oxygen atoms in total. The monoisotopic (exact) mass is 578 g/mol. The molecule has 1 aromatic rings. The lowest BCUT2D eigenvalue weighted by molar-refractivity contribution is -0.165. The van der Waals surface area contributed by atoms with E-state index in [0.29, 0.717) is 35.9 Å². The van der Waals surface area contributed by atoms with Gasteiger partial charge in [0.15, 0.2) is 0 Å². The average Bonchev–Trinajstić information content (AvgIpc) is 3.34. The largest absolute Gasteiger partial charge is 0.461 e. The third kappa shape index (κ3) is 5.81. The van der Waals surface area contributed by atoms with Crippen molar-refractivity contribution in [2.24, 2.45) is 52.1 Å². The maximum absolute atomic E-state index is 13.6. The van der Waals surface area contributed by atoms with Gasteiger partial charge in [-0.05, 0) is 111 Å². The second kappa shape index (κ2) is 12.4. The summed E-state index contributed by atoms with van der Waals surface area (Å²) in [5.41, 5.74) is 7.65. The number of ether oxygens (including phenoxy) is 1. The number of esters is 1. The molecule has 0 saturated heterocycles. The Morgan fingerprint density at radius 3 is 2.36 bits per heavy atom. The average molecular weight is 579 g/mol. The topological polar surface area (TPSA) is 98.5 Å². The van der Waals surface area contributed by atoms with Gasteiger partial charge in [-0.25, -0.2) is 4.79 Å². The fourth-order valence-corrected chi connectivity index (χ4v) is 10.1. The summed E-state index contributed by atoms with van der Waals surface area (Å²) in [6.45, 7) is 10.7. The Bertz CT molecular complexity index is 1140. The molecule has 4 saturated carbocycles. The number of nitrogens with two attached hydrogens (primary N) is 1. The SMILES string of the molecule is CCC(C)[C@H](N)C(=O)N[C@@H](Cc1ccccc1)C(=O)O[C@@H]1CC[C@@]2(C)[C@@H](CC[C@@H]3[C@@H]2CC[C@]2(C)[C@@H](C(C)=O)CC[C@@H]32)C1. The summed E-state index contributed by atoms with van der Waals surface area (Å²) >= 11 is 0. The maximum Gasteiger partial charge on any atom is 0.329 e. The zero-order valence-corrected chi connectivity index (χ0v) is 26.6. The first kappa shape index (κ1) is 31.2. The number of amides is 1. The van der Waals surface area contributed by atoms with Gasteiger partial charge in [0.25, 0.3) is 0 Å². The summed E-state index contributed by atoms with van der Waals surface area (Å²) < 4.78 is 6.22. The minimum absolute atomic E-state index is 0.0276. The summed E-state index contributed by atoms with van der Waals surface area (Å²) in [6.07, 6.45) is 11.0. The van der Waals surface area contributed by atoms with Crippen LogP contribution in [0.1, 0.15) is 104 Å². The lowest BCUT2D eigenvalue weighted by atomic mass is 9.44.